The van der Waals surface area contributed by atoms with Crippen LogP contribution in [-0.2, 0) is 6.54 Å². The van der Waals surface area contributed by atoms with Gasteiger partial charge in [0.2, 0.25) is 0 Å². The Balaban J connectivity index is 2.58. The van der Waals surface area contributed by atoms with Crippen LogP contribution in [0.4, 0.5) is 22.7 Å². The van der Waals surface area contributed by atoms with E-state index in [9.17, 15) is 30.3 Å². The molecule has 2 aromatic carbocycles. The molecule has 0 aromatic heterocycles. The van der Waals surface area contributed by atoms with Gasteiger partial charge in [-0.25, -0.2) is 0 Å². The van der Waals surface area contributed by atoms with E-state index in [1.54, 1.807) is 30.3 Å². The van der Waals surface area contributed by atoms with Crippen LogP contribution in [0.25, 0.3) is 0 Å². The van der Waals surface area contributed by atoms with Crippen LogP contribution in [0, 0.1) is 37.3 Å². The molecule has 0 atom stereocenters. The summed E-state index contributed by atoms with van der Waals surface area (Å²) in [4.78, 5) is 30.9. The molecule has 10 nitrogen and oxygen atoms in total. The highest BCUT2D eigenvalue weighted by molar-refractivity contribution is 5.80. The Hall–Kier alpha value is -3.56. The molecule has 0 amide bonds. The quantitative estimate of drug-likeness (QED) is 0.631. The van der Waals surface area contributed by atoms with Crippen molar-refractivity contribution in [1.29, 1.82) is 0 Å². The van der Waals surface area contributed by atoms with Gasteiger partial charge in [-0.1, -0.05) is 30.3 Å². The molecule has 0 saturated heterocycles. The minimum atomic E-state index is -0.882. The third kappa shape index (κ3) is 3.27. The number of nitro benzene ring substituents is 3. The van der Waals surface area contributed by atoms with Gasteiger partial charge in [0.15, 0.2) is 5.69 Å². The summed E-state index contributed by atoms with van der Waals surface area (Å²) in [7, 11) is 0. The lowest BCUT2D eigenvalue weighted by Crippen LogP contribution is -2.08. The third-order valence-electron chi connectivity index (χ3n) is 3.39. The van der Waals surface area contributed by atoms with Crippen molar-refractivity contribution in [2.24, 2.45) is 0 Å². The molecule has 0 radical (unpaired) electrons. The fourth-order valence-electron chi connectivity index (χ4n) is 2.26. The zero-order valence-electron chi connectivity index (χ0n) is 12.5. The first-order chi connectivity index (χ1) is 11.3. The molecule has 0 heterocycles. The summed E-state index contributed by atoms with van der Waals surface area (Å²) in [6, 6.07) is 9.49. The van der Waals surface area contributed by atoms with Crippen molar-refractivity contribution in [2.75, 3.05) is 5.32 Å². The maximum absolute atomic E-state index is 11.3. The van der Waals surface area contributed by atoms with E-state index in [4.69, 9.17) is 0 Å². The first kappa shape index (κ1) is 16.8. The normalized spacial score (nSPS) is 10.2. The van der Waals surface area contributed by atoms with Crippen molar-refractivity contribution in [3.8, 4) is 0 Å². The molecule has 24 heavy (non-hydrogen) atoms. The van der Waals surface area contributed by atoms with E-state index in [2.05, 4.69) is 5.32 Å². The summed E-state index contributed by atoms with van der Waals surface area (Å²) >= 11 is 0. The molecule has 10 heteroatoms. The van der Waals surface area contributed by atoms with Gasteiger partial charge >= 0.3 is 11.4 Å². The van der Waals surface area contributed by atoms with E-state index in [-0.39, 0.29) is 17.8 Å². The van der Waals surface area contributed by atoms with Gasteiger partial charge in [-0.3, -0.25) is 30.3 Å². The van der Waals surface area contributed by atoms with Gasteiger partial charge in [-0.15, -0.1) is 0 Å². The molecule has 0 unspecified atom stereocenters. The van der Waals surface area contributed by atoms with E-state index >= 15 is 0 Å². The second-order valence-corrected chi connectivity index (χ2v) is 4.87. The van der Waals surface area contributed by atoms with Crippen LogP contribution in [-0.4, -0.2) is 14.8 Å². The number of benzene rings is 2. The molecule has 124 valence electrons. The Labute approximate surface area is 135 Å². The summed E-state index contributed by atoms with van der Waals surface area (Å²) in [5.74, 6) is 0. The lowest BCUT2D eigenvalue weighted by molar-refractivity contribution is -0.402. The summed E-state index contributed by atoms with van der Waals surface area (Å²) in [5, 5.41) is 36.2. The highest BCUT2D eigenvalue weighted by atomic mass is 16.6. The van der Waals surface area contributed by atoms with Crippen LogP contribution in [0.5, 0.6) is 0 Å². The molecule has 0 fully saturated rings. The van der Waals surface area contributed by atoms with Gasteiger partial charge in [-0.05, 0) is 12.5 Å². The molecule has 2 aromatic rings. The Morgan fingerprint density at radius 3 is 2.00 bits per heavy atom. The molecular formula is C14H12N4O6. The van der Waals surface area contributed by atoms with Crippen LogP contribution >= 0.6 is 0 Å². The van der Waals surface area contributed by atoms with Crippen LogP contribution < -0.4 is 5.32 Å². The van der Waals surface area contributed by atoms with Gasteiger partial charge < -0.3 is 5.32 Å². The highest BCUT2D eigenvalue weighted by Crippen LogP contribution is 2.42. The molecule has 0 saturated carbocycles. The van der Waals surface area contributed by atoms with Crippen molar-refractivity contribution < 1.29 is 14.8 Å². The topological polar surface area (TPSA) is 141 Å². The molecular weight excluding hydrogens is 320 g/mol. The van der Waals surface area contributed by atoms with Gasteiger partial charge in [0, 0.05) is 6.54 Å². The number of anilines is 1. The lowest BCUT2D eigenvalue weighted by atomic mass is 10.1. The predicted octanol–water partition coefficient (Wildman–Crippen LogP) is 3.33. The number of nitrogens with one attached hydrogen (secondary N) is 1. The molecule has 0 aliphatic carbocycles. The fourth-order valence-corrected chi connectivity index (χ4v) is 2.26. The second kappa shape index (κ2) is 6.69. The largest absolute Gasteiger partial charge is 0.370 e. The second-order valence-electron chi connectivity index (χ2n) is 4.87. The van der Waals surface area contributed by atoms with Crippen molar-refractivity contribution in [2.45, 2.75) is 13.5 Å². The third-order valence-corrected chi connectivity index (χ3v) is 3.39. The molecule has 2 rings (SSSR count). The minimum Gasteiger partial charge on any atom is -0.370 e. The number of rotatable bonds is 6. The van der Waals surface area contributed by atoms with E-state index in [0.29, 0.717) is 0 Å². The van der Waals surface area contributed by atoms with Crippen LogP contribution in [0.1, 0.15) is 11.1 Å². The SMILES string of the molecule is Cc1c([N+](=O)[O-])cc([N+](=O)[O-])c(NCc2ccccc2)c1[N+](=O)[O-]. The highest BCUT2D eigenvalue weighted by Gasteiger charge is 2.34. The smallest absolute Gasteiger partial charge is 0.309 e. The van der Waals surface area contributed by atoms with Crippen LogP contribution in [0.15, 0.2) is 36.4 Å². The van der Waals surface area contributed by atoms with E-state index in [1.807, 2.05) is 0 Å². The van der Waals surface area contributed by atoms with Crippen molar-refractivity contribution in [3.63, 3.8) is 0 Å². The Morgan fingerprint density at radius 2 is 1.50 bits per heavy atom. The summed E-state index contributed by atoms with van der Waals surface area (Å²) in [6.45, 7) is 1.29. The molecule has 0 spiro atoms. The summed E-state index contributed by atoms with van der Waals surface area (Å²) in [5.41, 5.74) is -1.90. The Morgan fingerprint density at radius 1 is 0.917 bits per heavy atom. The lowest BCUT2D eigenvalue weighted by Gasteiger charge is -2.10. The van der Waals surface area contributed by atoms with Gasteiger partial charge in [0.25, 0.3) is 5.69 Å². The van der Waals surface area contributed by atoms with Crippen molar-refractivity contribution in [3.05, 3.63) is 77.9 Å². The zero-order chi connectivity index (χ0) is 17.9. The van der Waals surface area contributed by atoms with Crippen LogP contribution in [0.2, 0.25) is 0 Å². The maximum Gasteiger partial charge on any atom is 0.309 e. The average Bonchev–Trinajstić information content (AvgIpc) is 2.52. The molecule has 0 aliphatic rings. The number of nitrogens with zero attached hydrogens (tertiary/aromatic N) is 3. The van der Waals surface area contributed by atoms with Crippen molar-refractivity contribution in [1.82, 2.24) is 0 Å². The molecule has 1 N–H and O–H groups in total. The first-order valence-corrected chi connectivity index (χ1v) is 6.71. The number of hydrogen-bond donors (Lipinski definition) is 1. The summed E-state index contributed by atoms with van der Waals surface area (Å²) < 4.78 is 0. The van der Waals surface area contributed by atoms with Crippen LogP contribution in [0.3, 0.4) is 0 Å². The zero-order valence-corrected chi connectivity index (χ0v) is 12.5. The van der Waals surface area contributed by atoms with E-state index in [0.717, 1.165) is 11.6 Å². The van der Waals surface area contributed by atoms with E-state index < -0.39 is 31.8 Å². The van der Waals surface area contributed by atoms with E-state index in [1.165, 1.54) is 6.92 Å². The predicted molar refractivity (Wildman–Crippen MR) is 84.9 cm³/mol. The summed E-state index contributed by atoms with van der Waals surface area (Å²) in [6.07, 6.45) is 0. The van der Waals surface area contributed by atoms with Gasteiger partial charge in [0.05, 0.1) is 20.8 Å². The molecule has 0 bridgehead atoms. The standard InChI is InChI=1S/C14H12N4O6/c1-9-11(16(19)20)7-12(17(21)22)13(14(9)18(23)24)15-8-10-5-3-2-4-6-10/h2-7,15H,8H2,1H3. The molecule has 0 aliphatic heterocycles. The first-order valence-electron chi connectivity index (χ1n) is 6.71. The van der Waals surface area contributed by atoms with Crippen molar-refractivity contribution >= 4 is 22.7 Å². The van der Waals surface area contributed by atoms with Gasteiger partial charge in [-0.2, -0.15) is 0 Å². The maximum atomic E-state index is 11.3. The number of hydrogen-bond acceptors (Lipinski definition) is 7. The Bertz CT molecular complexity index is 822. The Kier molecular flexibility index (Phi) is 4.68. The van der Waals surface area contributed by atoms with Gasteiger partial charge in [0.1, 0.15) is 5.56 Å². The number of nitro groups is 3. The minimum absolute atomic E-state index is 0.0970. The average molecular weight is 332 g/mol. The monoisotopic (exact) mass is 332 g/mol. The fraction of sp³-hybridized carbons (Fsp3) is 0.143.